The molecule has 0 aliphatic heterocycles. The van der Waals surface area contributed by atoms with Gasteiger partial charge in [-0.25, -0.2) is 0 Å². The Bertz CT molecular complexity index is 169. The third kappa shape index (κ3) is 2.05. The zero-order chi connectivity index (χ0) is 9.26. The van der Waals surface area contributed by atoms with Gasteiger partial charge in [-0.15, -0.1) is 0 Å². The monoisotopic (exact) mass is 182 g/mol. The average Bonchev–Trinajstić information content (AvgIpc) is 2.53. The second-order valence-corrected chi connectivity index (χ2v) is 4.95. The van der Waals surface area contributed by atoms with Crippen molar-refractivity contribution in [1.29, 1.82) is 0 Å². The van der Waals surface area contributed by atoms with Crippen LogP contribution in [-0.2, 0) is 0 Å². The molecule has 13 heavy (non-hydrogen) atoms. The van der Waals surface area contributed by atoms with E-state index in [4.69, 9.17) is 11.5 Å². The molecule has 0 spiro atoms. The molecule has 2 aliphatic carbocycles. The molecule has 0 aromatic carbocycles. The lowest BCUT2D eigenvalue weighted by Crippen LogP contribution is -2.37. The minimum atomic E-state index is 0.471. The maximum absolute atomic E-state index is 6.16. The van der Waals surface area contributed by atoms with Gasteiger partial charge in [-0.1, -0.05) is 12.8 Å². The summed E-state index contributed by atoms with van der Waals surface area (Å²) in [6.07, 6.45) is 9.14. The fourth-order valence-corrected chi connectivity index (χ4v) is 3.22. The Balaban J connectivity index is 1.91. The van der Waals surface area contributed by atoms with Gasteiger partial charge in [-0.3, -0.25) is 0 Å². The molecule has 0 bridgehead atoms. The van der Waals surface area contributed by atoms with Crippen LogP contribution < -0.4 is 11.5 Å². The smallest absolute Gasteiger partial charge is 0.00698 e. The molecule has 0 aromatic rings. The molecule has 2 saturated carbocycles. The van der Waals surface area contributed by atoms with E-state index >= 15 is 0 Å². The maximum atomic E-state index is 6.16. The van der Waals surface area contributed by atoms with Crippen LogP contribution in [0.5, 0.6) is 0 Å². The van der Waals surface area contributed by atoms with Gasteiger partial charge in [0.25, 0.3) is 0 Å². The van der Waals surface area contributed by atoms with Gasteiger partial charge in [0.1, 0.15) is 0 Å². The van der Waals surface area contributed by atoms with Crippen LogP contribution in [0.3, 0.4) is 0 Å². The summed E-state index contributed by atoms with van der Waals surface area (Å²) < 4.78 is 0. The zero-order valence-corrected chi connectivity index (χ0v) is 8.41. The molecule has 0 saturated heterocycles. The van der Waals surface area contributed by atoms with Gasteiger partial charge in [-0.2, -0.15) is 0 Å². The lowest BCUT2D eigenvalue weighted by molar-refractivity contribution is 0.216. The highest BCUT2D eigenvalue weighted by molar-refractivity contribution is 4.89. The van der Waals surface area contributed by atoms with Crippen LogP contribution in [0.2, 0.25) is 0 Å². The molecule has 2 rings (SSSR count). The van der Waals surface area contributed by atoms with Crippen molar-refractivity contribution in [2.45, 2.75) is 57.0 Å². The Labute approximate surface area is 81.1 Å². The highest BCUT2D eigenvalue weighted by Crippen LogP contribution is 2.38. The second-order valence-electron chi connectivity index (χ2n) is 4.95. The molecule has 0 amide bonds. The third-order valence-electron chi connectivity index (χ3n) is 3.99. The number of nitrogens with two attached hydrogens (primary N) is 2. The quantitative estimate of drug-likeness (QED) is 0.647. The second kappa shape index (κ2) is 3.97. The molecule has 0 radical (unpaired) electrons. The van der Waals surface area contributed by atoms with Gasteiger partial charge in [0.2, 0.25) is 0 Å². The van der Waals surface area contributed by atoms with Crippen molar-refractivity contribution in [2.24, 2.45) is 23.3 Å². The zero-order valence-electron chi connectivity index (χ0n) is 8.41. The van der Waals surface area contributed by atoms with Gasteiger partial charge in [0.15, 0.2) is 0 Å². The van der Waals surface area contributed by atoms with E-state index < -0.39 is 0 Å². The lowest BCUT2D eigenvalue weighted by Gasteiger charge is -2.33. The van der Waals surface area contributed by atoms with E-state index in [-0.39, 0.29) is 0 Å². The summed E-state index contributed by atoms with van der Waals surface area (Å²) in [6.45, 7) is 0. The van der Waals surface area contributed by atoms with Crippen LogP contribution >= 0.6 is 0 Å². The van der Waals surface area contributed by atoms with Gasteiger partial charge in [0, 0.05) is 12.1 Å². The largest absolute Gasteiger partial charge is 0.328 e. The van der Waals surface area contributed by atoms with Crippen molar-refractivity contribution < 1.29 is 0 Å². The van der Waals surface area contributed by atoms with Crippen LogP contribution in [-0.4, -0.2) is 12.1 Å². The maximum Gasteiger partial charge on any atom is 0.00698 e. The van der Waals surface area contributed by atoms with E-state index in [1.807, 2.05) is 0 Å². The molecule has 4 atom stereocenters. The Morgan fingerprint density at radius 1 is 0.846 bits per heavy atom. The first-order chi connectivity index (χ1) is 6.27. The van der Waals surface area contributed by atoms with Crippen molar-refractivity contribution in [1.82, 2.24) is 0 Å². The molecule has 4 unspecified atom stereocenters. The molecule has 2 nitrogen and oxygen atoms in total. The first kappa shape index (κ1) is 9.47. The van der Waals surface area contributed by atoms with E-state index in [2.05, 4.69) is 0 Å². The summed E-state index contributed by atoms with van der Waals surface area (Å²) >= 11 is 0. The summed E-state index contributed by atoms with van der Waals surface area (Å²) in [4.78, 5) is 0. The van der Waals surface area contributed by atoms with Crippen LogP contribution in [0.15, 0.2) is 0 Å². The summed E-state index contributed by atoms with van der Waals surface area (Å²) in [6, 6.07) is 0.947. The predicted molar refractivity (Wildman–Crippen MR) is 55.2 cm³/mol. The van der Waals surface area contributed by atoms with E-state index in [0.717, 1.165) is 11.8 Å². The average molecular weight is 182 g/mol. The fourth-order valence-electron chi connectivity index (χ4n) is 3.22. The lowest BCUT2D eigenvalue weighted by atomic mass is 9.76. The molecule has 4 N–H and O–H groups in total. The summed E-state index contributed by atoms with van der Waals surface area (Å²) in [5.74, 6) is 1.65. The standard InChI is InChI=1S/C11H22N2/c12-9-6-5-8(7-9)10-3-1-2-4-11(10)13/h8-11H,1-7,12-13H2. The Morgan fingerprint density at radius 3 is 2.23 bits per heavy atom. The number of hydrogen-bond donors (Lipinski definition) is 2. The van der Waals surface area contributed by atoms with E-state index in [9.17, 15) is 0 Å². The van der Waals surface area contributed by atoms with Gasteiger partial charge >= 0.3 is 0 Å². The summed E-state index contributed by atoms with van der Waals surface area (Å²) in [5, 5.41) is 0. The fraction of sp³-hybridized carbons (Fsp3) is 1.00. The molecular weight excluding hydrogens is 160 g/mol. The summed E-state index contributed by atoms with van der Waals surface area (Å²) in [7, 11) is 0. The van der Waals surface area contributed by atoms with E-state index in [0.29, 0.717) is 12.1 Å². The van der Waals surface area contributed by atoms with Gasteiger partial charge in [0.05, 0.1) is 0 Å². The van der Waals surface area contributed by atoms with E-state index in [1.54, 1.807) is 0 Å². The highest BCUT2D eigenvalue weighted by Gasteiger charge is 2.33. The predicted octanol–water partition coefficient (Wildman–Crippen LogP) is 1.63. The Hall–Kier alpha value is -0.0800. The molecule has 0 aromatic heterocycles. The van der Waals surface area contributed by atoms with E-state index in [1.165, 1.54) is 44.9 Å². The molecule has 2 fully saturated rings. The summed E-state index contributed by atoms with van der Waals surface area (Å²) in [5.41, 5.74) is 12.1. The molecule has 0 heterocycles. The molecule has 2 aliphatic rings. The molecule has 76 valence electrons. The minimum absolute atomic E-state index is 0.471. The van der Waals surface area contributed by atoms with Crippen LogP contribution in [0.1, 0.15) is 44.9 Å². The van der Waals surface area contributed by atoms with Crippen molar-refractivity contribution >= 4 is 0 Å². The number of rotatable bonds is 1. The first-order valence-electron chi connectivity index (χ1n) is 5.78. The minimum Gasteiger partial charge on any atom is -0.328 e. The molecule has 2 heteroatoms. The van der Waals surface area contributed by atoms with Crippen molar-refractivity contribution in [2.75, 3.05) is 0 Å². The van der Waals surface area contributed by atoms with Gasteiger partial charge < -0.3 is 11.5 Å². The topological polar surface area (TPSA) is 52.0 Å². The van der Waals surface area contributed by atoms with Gasteiger partial charge in [-0.05, 0) is 43.9 Å². The third-order valence-corrected chi connectivity index (χ3v) is 3.99. The first-order valence-corrected chi connectivity index (χ1v) is 5.78. The Morgan fingerprint density at radius 2 is 1.62 bits per heavy atom. The SMILES string of the molecule is NC1CCC(C2CCCCC2N)C1. The van der Waals surface area contributed by atoms with Crippen molar-refractivity contribution in [3.05, 3.63) is 0 Å². The van der Waals surface area contributed by atoms with Crippen molar-refractivity contribution in [3.8, 4) is 0 Å². The van der Waals surface area contributed by atoms with Crippen LogP contribution in [0.25, 0.3) is 0 Å². The molecular formula is C11H22N2. The number of hydrogen-bond acceptors (Lipinski definition) is 2. The normalized spacial score (nSPS) is 46.6. The van der Waals surface area contributed by atoms with Crippen LogP contribution in [0.4, 0.5) is 0 Å². The Kier molecular flexibility index (Phi) is 2.89. The highest BCUT2D eigenvalue weighted by atomic mass is 14.7. The van der Waals surface area contributed by atoms with Crippen LogP contribution in [0, 0.1) is 11.8 Å². The van der Waals surface area contributed by atoms with Crippen molar-refractivity contribution in [3.63, 3.8) is 0 Å².